The van der Waals surface area contributed by atoms with E-state index in [0.717, 1.165) is 16.9 Å². The molecular formula is C20H20N4O2. The standard InChI is InChI=1S/C20H20N4O2/c1-20(2,16-9-4-5-10-17(16)25-3)22-13-18-23-24-19(26-18)15-8-6-7-14(11-15)12-21/h4-11,22H,13H2,1-3H3. The van der Waals surface area contributed by atoms with Gasteiger partial charge in [0, 0.05) is 16.7 Å². The second-order valence-electron chi connectivity index (χ2n) is 6.37. The topological polar surface area (TPSA) is 84.0 Å². The highest BCUT2D eigenvalue weighted by atomic mass is 16.5. The van der Waals surface area contributed by atoms with Crippen LogP contribution in [0.2, 0.25) is 0 Å². The fraction of sp³-hybridized carbons (Fsp3) is 0.250. The largest absolute Gasteiger partial charge is 0.496 e. The number of benzene rings is 2. The molecule has 2 aromatic carbocycles. The van der Waals surface area contributed by atoms with E-state index in [4.69, 9.17) is 14.4 Å². The van der Waals surface area contributed by atoms with Gasteiger partial charge < -0.3 is 9.15 Å². The lowest BCUT2D eigenvalue weighted by atomic mass is 9.93. The molecule has 0 bridgehead atoms. The van der Waals surface area contributed by atoms with Gasteiger partial charge in [-0.25, -0.2) is 0 Å². The van der Waals surface area contributed by atoms with E-state index in [2.05, 4.69) is 35.4 Å². The summed E-state index contributed by atoms with van der Waals surface area (Å²) in [5, 5.41) is 20.6. The fourth-order valence-corrected chi connectivity index (χ4v) is 2.72. The Morgan fingerprint density at radius 2 is 1.96 bits per heavy atom. The van der Waals surface area contributed by atoms with Crippen molar-refractivity contribution in [1.29, 1.82) is 5.26 Å². The van der Waals surface area contributed by atoms with Crippen molar-refractivity contribution in [2.75, 3.05) is 7.11 Å². The summed E-state index contributed by atoms with van der Waals surface area (Å²) >= 11 is 0. The van der Waals surface area contributed by atoms with Gasteiger partial charge in [-0.15, -0.1) is 10.2 Å². The summed E-state index contributed by atoms with van der Waals surface area (Å²) in [5.41, 5.74) is 1.98. The van der Waals surface area contributed by atoms with E-state index in [9.17, 15) is 0 Å². The monoisotopic (exact) mass is 348 g/mol. The molecule has 0 unspecified atom stereocenters. The van der Waals surface area contributed by atoms with E-state index in [1.807, 2.05) is 30.3 Å². The molecule has 1 N–H and O–H groups in total. The predicted octanol–water partition coefficient (Wildman–Crippen LogP) is 3.64. The molecular weight excluding hydrogens is 328 g/mol. The van der Waals surface area contributed by atoms with Crippen LogP contribution in [-0.2, 0) is 12.1 Å². The van der Waals surface area contributed by atoms with Gasteiger partial charge in [-0.3, -0.25) is 5.32 Å². The van der Waals surface area contributed by atoms with Crippen molar-refractivity contribution in [1.82, 2.24) is 15.5 Å². The first kappa shape index (κ1) is 17.6. The second-order valence-corrected chi connectivity index (χ2v) is 6.37. The van der Waals surface area contributed by atoms with Crippen molar-refractivity contribution >= 4 is 0 Å². The molecule has 0 aliphatic heterocycles. The van der Waals surface area contributed by atoms with E-state index in [1.54, 1.807) is 25.3 Å². The number of hydrogen-bond acceptors (Lipinski definition) is 6. The summed E-state index contributed by atoms with van der Waals surface area (Å²) in [6, 6.07) is 17.1. The van der Waals surface area contributed by atoms with Gasteiger partial charge in [0.2, 0.25) is 11.8 Å². The number of para-hydroxylation sites is 1. The first-order valence-corrected chi connectivity index (χ1v) is 8.25. The Hall–Kier alpha value is -3.17. The maximum absolute atomic E-state index is 9.00. The zero-order chi connectivity index (χ0) is 18.6. The maximum Gasteiger partial charge on any atom is 0.247 e. The Bertz CT molecular complexity index is 941. The van der Waals surface area contributed by atoms with Crippen molar-refractivity contribution in [3.05, 3.63) is 65.5 Å². The van der Waals surface area contributed by atoms with Crippen molar-refractivity contribution in [2.24, 2.45) is 0 Å². The number of aromatic nitrogens is 2. The van der Waals surface area contributed by atoms with Crippen LogP contribution in [0.15, 0.2) is 52.9 Å². The van der Waals surface area contributed by atoms with Crippen LogP contribution in [0.25, 0.3) is 11.5 Å². The van der Waals surface area contributed by atoms with E-state index in [-0.39, 0.29) is 5.54 Å². The summed E-state index contributed by atoms with van der Waals surface area (Å²) < 4.78 is 11.2. The summed E-state index contributed by atoms with van der Waals surface area (Å²) in [6.07, 6.45) is 0. The smallest absolute Gasteiger partial charge is 0.247 e. The third-order valence-electron chi connectivity index (χ3n) is 4.17. The highest BCUT2D eigenvalue weighted by Gasteiger charge is 2.24. The third-order valence-corrected chi connectivity index (χ3v) is 4.17. The van der Waals surface area contributed by atoms with E-state index in [1.165, 1.54) is 0 Å². The molecule has 0 amide bonds. The van der Waals surface area contributed by atoms with Crippen molar-refractivity contribution in [3.63, 3.8) is 0 Å². The van der Waals surface area contributed by atoms with Crippen LogP contribution in [0.3, 0.4) is 0 Å². The Morgan fingerprint density at radius 1 is 1.15 bits per heavy atom. The molecule has 0 radical (unpaired) electrons. The number of hydrogen-bond donors (Lipinski definition) is 1. The van der Waals surface area contributed by atoms with Crippen LogP contribution >= 0.6 is 0 Å². The molecule has 6 nitrogen and oxygen atoms in total. The Kier molecular flexibility index (Phi) is 5.01. The lowest BCUT2D eigenvalue weighted by Gasteiger charge is -2.28. The quantitative estimate of drug-likeness (QED) is 0.732. The lowest BCUT2D eigenvalue weighted by molar-refractivity contribution is 0.342. The van der Waals surface area contributed by atoms with Gasteiger partial charge in [-0.2, -0.15) is 5.26 Å². The zero-order valence-corrected chi connectivity index (χ0v) is 15.0. The number of methoxy groups -OCH3 is 1. The molecule has 0 fully saturated rings. The third kappa shape index (κ3) is 3.73. The van der Waals surface area contributed by atoms with Gasteiger partial charge in [0.05, 0.1) is 25.3 Å². The van der Waals surface area contributed by atoms with Crippen molar-refractivity contribution in [2.45, 2.75) is 25.9 Å². The molecule has 0 aliphatic carbocycles. The summed E-state index contributed by atoms with van der Waals surface area (Å²) in [5.74, 6) is 1.70. The van der Waals surface area contributed by atoms with Gasteiger partial charge in [0.15, 0.2) is 0 Å². The minimum absolute atomic E-state index is 0.345. The molecule has 3 aromatic rings. The fourth-order valence-electron chi connectivity index (χ4n) is 2.72. The minimum atomic E-state index is -0.345. The molecule has 132 valence electrons. The first-order chi connectivity index (χ1) is 12.5. The summed E-state index contributed by atoms with van der Waals surface area (Å²) in [7, 11) is 1.66. The maximum atomic E-state index is 9.00. The number of nitriles is 1. The van der Waals surface area contributed by atoms with Gasteiger partial charge in [-0.05, 0) is 38.1 Å². The highest BCUT2D eigenvalue weighted by Crippen LogP contribution is 2.29. The first-order valence-electron chi connectivity index (χ1n) is 8.25. The minimum Gasteiger partial charge on any atom is -0.496 e. The zero-order valence-electron chi connectivity index (χ0n) is 15.0. The van der Waals surface area contributed by atoms with E-state index >= 15 is 0 Å². The van der Waals surface area contributed by atoms with Crippen molar-refractivity contribution in [3.8, 4) is 23.3 Å². The summed E-state index contributed by atoms with van der Waals surface area (Å²) in [6.45, 7) is 4.55. The Labute approximate surface area is 152 Å². The normalized spacial score (nSPS) is 11.2. The second kappa shape index (κ2) is 7.38. The molecule has 1 heterocycles. The van der Waals surface area contributed by atoms with Gasteiger partial charge >= 0.3 is 0 Å². The number of rotatable bonds is 6. The lowest BCUT2D eigenvalue weighted by Crippen LogP contribution is -2.36. The van der Waals surface area contributed by atoms with Crippen LogP contribution in [0.1, 0.15) is 30.9 Å². The van der Waals surface area contributed by atoms with E-state index in [0.29, 0.717) is 23.9 Å². The molecule has 0 aliphatic rings. The number of ether oxygens (including phenoxy) is 1. The number of nitrogens with one attached hydrogen (secondary N) is 1. The SMILES string of the molecule is COc1ccccc1C(C)(C)NCc1nnc(-c2cccc(C#N)c2)o1. The van der Waals surface area contributed by atoms with Crippen LogP contribution in [0.4, 0.5) is 0 Å². The molecule has 6 heteroatoms. The van der Waals surface area contributed by atoms with Crippen LogP contribution in [-0.4, -0.2) is 17.3 Å². The Balaban J connectivity index is 1.74. The average Bonchev–Trinajstić information content (AvgIpc) is 3.15. The predicted molar refractivity (Wildman–Crippen MR) is 97.3 cm³/mol. The molecule has 0 atom stereocenters. The summed E-state index contributed by atoms with van der Waals surface area (Å²) in [4.78, 5) is 0. The molecule has 3 rings (SSSR count). The van der Waals surface area contributed by atoms with Gasteiger partial charge in [-0.1, -0.05) is 24.3 Å². The molecule has 0 saturated heterocycles. The molecule has 1 aromatic heterocycles. The van der Waals surface area contributed by atoms with E-state index < -0.39 is 0 Å². The Morgan fingerprint density at radius 3 is 2.73 bits per heavy atom. The highest BCUT2D eigenvalue weighted by molar-refractivity contribution is 5.55. The number of nitrogens with zero attached hydrogens (tertiary/aromatic N) is 3. The van der Waals surface area contributed by atoms with Crippen LogP contribution < -0.4 is 10.1 Å². The van der Waals surface area contributed by atoms with Crippen molar-refractivity contribution < 1.29 is 9.15 Å². The van der Waals surface area contributed by atoms with Crippen LogP contribution in [0, 0.1) is 11.3 Å². The molecule has 0 spiro atoms. The molecule has 0 saturated carbocycles. The van der Waals surface area contributed by atoms with Gasteiger partial charge in [0.25, 0.3) is 0 Å². The van der Waals surface area contributed by atoms with Gasteiger partial charge in [0.1, 0.15) is 5.75 Å². The molecule has 26 heavy (non-hydrogen) atoms. The average molecular weight is 348 g/mol. The van der Waals surface area contributed by atoms with Crippen LogP contribution in [0.5, 0.6) is 5.75 Å².